The predicted octanol–water partition coefficient (Wildman–Crippen LogP) is 1.34. The van der Waals surface area contributed by atoms with Gasteiger partial charge in [-0.1, -0.05) is 6.08 Å². The van der Waals surface area contributed by atoms with Gasteiger partial charge in [0.05, 0.1) is 11.7 Å². The highest BCUT2D eigenvalue weighted by Gasteiger charge is 2.07. The second-order valence-electron chi connectivity index (χ2n) is 2.00. The van der Waals surface area contributed by atoms with Gasteiger partial charge in [-0.2, -0.15) is 0 Å². The molecule has 1 atom stereocenters. The molecule has 1 aromatic heterocycles. The number of nitrogens with one attached hydrogen (secondary N) is 1. The van der Waals surface area contributed by atoms with Crippen LogP contribution in [0.1, 0.15) is 11.7 Å². The molecule has 0 amide bonds. The maximum absolute atomic E-state index is 12.6. The second-order valence-corrected chi connectivity index (χ2v) is 2.00. The van der Waals surface area contributed by atoms with E-state index in [1.165, 1.54) is 18.3 Å². The quantitative estimate of drug-likeness (QED) is 0.598. The molecule has 0 bridgehead atoms. The minimum atomic E-state index is -0.435. The first-order valence-electron chi connectivity index (χ1n) is 2.96. The van der Waals surface area contributed by atoms with Crippen molar-refractivity contribution in [1.29, 1.82) is 0 Å². The highest BCUT2D eigenvalue weighted by molar-refractivity contribution is 5.15. The van der Waals surface area contributed by atoms with Crippen molar-refractivity contribution in [3.05, 3.63) is 36.4 Å². The van der Waals surface area contributed by atoms with Gasteiger partial charge in [-0.25, -0.2) is 4.39 Å². The van der Waals surface area contributed by atoms with Crippen molar-refractivity contribution in [1.82, 2.24) is 4.98 Å². The maximum atomic E-state index is 12.6. The van der Waals surface area contributed by atoms with E-state index in [9.17, 15) is 4.39 Å². The summed E-state index contributed by atoms with van der Waals surface area (Å²) in [6, 6.07) is 0.897. The summed E-state index contributed by atoms with van der Waals surface area (Å²) in [7, 11) is 0. The van der Waals surface area contributed by atoms with Crippen molar-refractivity contribution in [3.63, 3.8) is 0 Å². The summed E-state index contributed by atoms with van der Waals surface area (Å²) in [5.74, 6) is -0.313. The third-order valence-electron chi connectivity index (χ3n) is 1.31. The number of hydrogen-bond acceptors (Lipinski definition) is 1. The molecule has 0 aromatic carbocycles. The molecule has 3 N–H and O–H groups in total. The molecule has 1 heterocycles. The van der Waals surface area contributed by atoms with E-state index >= 15 is 0 Å². The van der Waals surface area contributed by atoms with Gasteiger partial charge in [-0.05, 0) is 6.07 Å². The van der Waals surface area contributed by atoms with Crippen LogP contribution in [-0.4, -0.2) is 4.98 Å². The first kappa shape index (κ1) is 7.02. The van der Waals surface area contributed by atoms with Crippen molar-refractivity contribution < 1.29 is 4.39 Å². The summed E-state index contributed by atoms with van der Waals surface area (Å²) in [6.45, 7) is 3.45. The van der Waals surface area contributed by atoms with E-state index in [2.05, 4.69) is 11.6 Å². The van der Waals surface area contributed by atoms with Crippen LogP contribution in [0.15, 0.2) is 24.9 Å². The number of H-pyrrole nitrogens is 1. The molecule has 0 spiro atoms. The monoisotopic (exact) mass is 140 g/mol. The first-order chi connectivity index (χ1) is 4.75. The Balaban J connectivity index is 2.92. The van der Waals surface area contributed by atoms with Gasteiger partial charge in [-0.15, -0.1) is 6.58 Å². The van der Waals surface area contributed by atoms with E-state index in [0.717, 1.165) is 0 Å². The molecule has 3 heteroatoms. The van der Waals surface area contributed by atoms with E-state index < -0.39 is 6.04 Å². The molecule has 2 nitrogen and oxygen atoms in total. The van der Waals surface area contributed by atoms with Crippen molar-refractivity contribution in [2.24, 2.45) is 5.73 Å². The zero-order valence-corrected chi connectivity index (χ0v) is 5.47. The average molecular weight is 140 g/mol. The summed E-state index contributed by atoms with van der Waals surface area (Å²) >= 11 is 0. The minimum Gasteiger partial charge on any atom is -0.361 e. The summed E-state index contributed by atoms with van der Waals surface area (Å²) in [4.78, 5) is 2.68. The second kappa shape index (κ2) is 2.66. The molecule has 1 rings (SSSR count). The fraction of sp³-hybridized carbons (Fsp3) is 0.143. The lowest BCUT2D eigenvalue weighted by atomic mass is 10.2. The zero-order chi connectivity index (χ0) is 7.56. The lowest BCUT2D eigenvalue weighted by Gasteiger charge is -2.01. The topological polar surface area (TPSA) is 41.8 Å². The van der Waals surface area contributed by atoms with Crippen LogP contribution in [0.5, 0.6) is 0 Å². The number of halogens is 1. The molecule has 54 valence electrons. The summed E-state index contributed by atoms with van der Waals surface area (Å²) in [5.41, 5.74) is 5.83. The third-order valence-corrected chi connectivity index (χ3v) is 1.31. The van der Waals surface area contributed by atoms with Crippen molar-refractivity contribution >= 4 is 0 Å². The Hall–Kier alpha value is -1.09. The Morgan fingerprint density at radius 3 is 2.90 bits per heavy atom. The van der Waals surface area contributed by atoms with Crippen LogP contribution >= 0.6 is 0 Å². The van der Waals surface area contributed by atoms with Gasteiger partial charge in [0.2, 0.25) is 0 Å². The van der Waals surface area contributed by atoms with Gasteiger partial charge < -0.3 is 10.7 Å². The van der Waals surface area contributed by atoms with Crippen LogP contribution in [0.25, 0.3) is 0 Å². The molecule has 0 aliphatic heterocycles. The van der Waals surface area contributed by atoms with Gasteiger partial charge in [-0.3, -0.25) is 0 Å². The van der Waals surface area contributed by atoms with Crippen LogP contribution in [-0.2, 0) is 0 Å². The SMILES string of the molecule is C=CC(N)c1[nH]ccc1F. The van der Waals surface area contributed by atoms with Crippen molar-refractivity contribution in [2.75, 3.05) is 0 Å². The number of rotatable bonds is 2. The van der Waals surface area contributed by atoms with Crippen LogP contribution in [0.4, 0.5) is 4.39 Å². The van der Waals surface area contributed by atoms with E-state index in [4.69, 9.17) is 5.73 Å². The Morgan fingerprint density at radius 2 is 2.50 bits per heavy atom. The Morgan fingerprint density at radius 1 is 1.80 bits per heavy atom. The van der Waals surface area contributed by atoms with Gasteiger partial charge in [0.25, 0.3) is 0 Å². The number of aromatic amines is 1. The lowest BCUT2D eigenvalue weighted by molar-refractivity contribution is 0.601. The first-order valence-corrected chi connectivity index (χ1v) is 2.96. The van der Waals surface area contributed by atoms with Crippen LogP contribution in [0.2, 0.25) is 0 Å². The summed E-state index contributed by atoms with van der Waals surface area (Å²) < 4.78 is 12.6. The molecule has 10 heavy (non-hydrogen) atoms. The highest BCUT2D eigenvalue weighted by Crippen LogP contribution is 2.12. The van der Waals surface area contributed by atoms with Gasteiger partial charge in [0.15, 0.2) is 0 Å². The van der Waals surface area contributed by atoms with Gasteiger partial charge in [0.1, 0.15) is 5.82 Å². The number of hydrogen-bond donors (Lipinski definition) is 2. The highest BCUT2D eigenvalue weighted by atomic mass is 19.1. The van der Waals surface area contributed by atoms with Crippen LogP contribution in [0, 0.1) is 5.82 Å². The van der Waals surface area contributed by atoms with Gasteiger partial charge in [0, 0.05) is 6.20 Å². The average Bonchev–Trinajstić information content (AvgIpc) is 2.34. The summed E-state index contributed by atoms with van der Waals surface area (Å²) in [6.07, 6.45) is 2.99. The molecule has 0 radical (unpaired) electrons. The van der Waals surface area contributed by atoms with Crippen LogP contribution < -0.4 is 5.73 Å². The molecule has 0 saturated carbocycles. The van der Waals surface area contributed by atoms with Crippen LogP contribution in [0.3, 0.4) is 0 Å². The van der Waals surface area contributed by atoms with E-state index in [0.29, 0.717) is 5.69 Å². The molecule has 0 aliphatic rings. The molecule has 1 aromatic rings. The molecular formula is C7H9FN2. The number of nitrogens with two attached hydrogens (primary N) is 1. The zero-order valence-electron chi connectivity index (χ0n) is 5.47. The van der Waals surface area contributed by atoms with E-state index in [1.807, 2.05) is 0 Å². The van der Waals surface area contributed by atoms with Gasteiger partial charge >= 0.3 is 0 Å². The molecule has 0 fully saturated rings. The standard InChI is InChI=1S/C7H9FN2/c1-2-6(9)7-5(8)3-4-10-7/h2-4,6,10H,1,9H2. The number of aromatic nitrogens is 1. The normalized spacial score (nSPS) is 13.0. The largest absolute Gasteiger partial charge is 0.361 e. The maximum Gasteiger partial charge on any atom is 0.145 e. The Bertz CT molecular complexity index is 229. The predicted molar refractivity (Wildman–Crippen MR) is 37.9 cm³/mol. The third kappa shape index (κ3) is 1.09. The molecule has 0 aliphatic carbocycles. The fourth-order valence-electron chi connectivity index (χ4n) is 0.737. The summed E-state index contributed by atoms with van der Waals surface area (Å²) in [5, 5.41) is 0. The lowest BCUT2D eigenvalue weighted by Crippen LogP contribution is -2.08. The molecule has 1 unspecified atom stereocenters. The van der Waals surface area contributed by atoms with Crippen molar-refractivity contribution in [3.8, 4) is 0 Å². The fourth-order valence-corrected chi connectivity index (χ4v) is 0.737. The molecular weight excluding hydrogens is 131 g/mol. The van der Waals surface area contributed by atoms with E-state index in [-0.39, 0.29) is 5.82 Å². The Kier molecular flexibility index (Phi) is 1.87. The molecule has 0 saturated heterocycles. The minimum absolute atomic E-state index is 0.313. The van der Waals surface area contributed by atoms with E-state index in [1.54, 1.807) is 0 Å². The smallest absolute Gasteiger partial charge is 0.145 e. The van der Waals surface area contributed by atoms with Crippen molar-refractivity contribution in [2.45, 2.75) is 6.04 Å². The Labute approximate surface area is 58.6 Å².